The van der Waals surface area contributed by atoms with E-state index in [1.165, 1.54) is 108 Å². The Kier molecular flexibility index (Phi) is 7.47. The van der Waals surface area contributed by atoms with Gasteiger partial charge in [0.25, 0.3) is 0 Å². The first-order valence-electron chi connectivity index (χ1n) is 24.0. The van der Waals surface area contributed by atoms with Crippen molar-refractivity contribution in [2.45, 2.75) is 0 Å². The molecule has 16 aromatic carbocycles. The molecule has 0 saturated carbocycles. The van der Waals surface area contributed by atoms with E-state index >= 15 is 0 Å². The zero-order chi connectivity index (χ0) is 45.6. The first kappa shape index (κ1) is 37.5. The van der Waals surface area contributed by atoms with Crippen LogP contribution in [0, 0.1) is 35.5 Å². The molecule has 0 heterocycles. The van der Waals surface area contributed by atoms with Crippen molar-refractivity contribution in [3.8, 4) is 35.5 Å². The summed E-state index contributed by atoms with van der Waals surface area (Å²) in [5.41, 5.74) is 5.89. The third kappa shape index (κ3) is 5.24. The zero-order valence-corrected chi connectivity index (χ0v) is 37.6. The van der Waals surface area contributed by atoms with Gasteiger partial charge in [0.15, 0.2) is 0 Å². The highest BCUT2D eigenvalue weighted by molar-refractivity contribution is 6.28. The molecule has 0 N–H and O–H groups in total. The van der Waals surface area contributed by atoms with Gasteiger partial charge in [0.2, 0.25) is 0 Å². The van der Waals surface area contributed by atoms with Gasteiger partial charge in [-0.2, -0.15) is 0 Å². The summed E-state index contributed by atoms with van der Waals surface area (Å²) >= 11 is 0. The molecule has 0 fully saturated rings. The lowest BCUT2D eigenvalue weighted by atomic mass is 9.88. The summed E-state index contributed by atoms with van der Waals surface area (Å²) in [5, 5.41) is 29.3. The van der Waals surface area contributed by atoms with Gasteiger partial charge < -0.3 is 0 Å². The van der Waals surface area contributed by atoms with Crippen molar-refractivity contribution in [3.63, 3.8) is 0 Å². The Morgan fingerprint density at radius 2 is 0.357 bits per heavy atom. The summed E-state index contributed by atoms with van der Waals surface area (Å²) in [5.74, 6) is 22.4. The van der Waals surface area contributed by atoms with Crippen molar-refractivity contribution in [2.75, 3.05) is 0 Å². The summed E-state index contributed by atoms with van der Waals surface area (Å²) in [6.45, 7) is 0. The second-order valence-corrected chi connectivity index (χ2v) is 19.0. The maximum Gasteiger partial charge on any atom is 0.0340 e. The molecule has 16 aromatic rings. The topological polar surface area (TPSA) is 0 Å². The molecule has 0 radical (unpaired) electrons. The number of hydrogen-bond acceptors (Lipinski definition) is 0. The zero-order valence-electron chi connectivity index (χ0n) is 37.6. The highest BCUT2D eigenvalue weighted by atomic mass is 14.2. The van der Waals surface area contributed by atoms with Gasteiger partial charge in [-0.3, -0.25) is 0 Å². The molecule has 0 aliphatic carbocycles. The first-order chi connectivity index (χ1) is 34.7. The molecule has 70 heavy (non-hydrogen) atoms. The summed E-state index contributed by atoms with van der Waals surface area (Å²) in [7, 11) is 0. The predicted octanol–water partition coefficient (Wildman–Crippen LogP) is 17.5. The monoisotopic (exact) mass is 874 g/mol. The Morgan fingerprint density at radius 3 is 0.643 bits per heavy atom. The van der Waals surface area contributed by atoms with Crippen LogP contribution in [0.2, 0.25) is 0 Å². The molecule has 0 nitrogen and oxygen atoms in total. The van der Waals surface area contributed by atoms with Crippen LogP contribution in [-0.2, 0) is 0 Å². The molecule has 0 heteroatoms. The smallest absolute Gasteiger partial charge is 0.0340 e. The van der Waals surface area contributed by atoms with Crippen LogP contribution in [-0.4, -0.2) is 0 Å². The number of rotatable bonds is 0. The third-order valence-corrected chi connectivity index (χ3v) is 15.3. The molecule has 0 bridgehead atoms. The van der Waals surface area contributed by atoms with E-state index in [2.05, 4.69) is 242 Å². The summed E-state index contributed by atoms with van der Waals surface area (Å²) < 4.78 is 0. The fourth-order valence-electron chi connectivity index (χ4n) is 12.2. The fourth-order valence-corrected chi connectivity index (χ4v) is 12.2. The minimum absolute atomic E-state index is 0.956. The van der Waals surface area contributed by atoms with Crippen molar-refractivity contribution in [2.24, 2.45) is 0 Å². The van der Waals surface area contributed by atoms with Gasteiger partial charge in [0.05, 0.1) is 0 Å². The summed E-state index contributed by atoms with van der Waals surface area (Å²) in [6.07, 6.45) is 0. The van der Waals surface area contributed by atoms with E-state index in [1.807, 2.05) is 0 Å². The molecule has 0 amide bonds. The van der Waals surface area contributed by atoms with Crippen LogP contribution >= 0.6 is 0 Å². The normalized spacial score (nSPS) is 11.9. The average molecular weight is 875 g/mol. The molecular weight excluding hydrogens is 841 g/mol. The second kappa shape index (κ2) is 14.0. The molecular formula is C70H34. The van der Waals surface area contributed by atoms with Crippen LogP contribution in [0.5, 0.6) is 0 Å². The van der Waals surface area contributed by atoms with E-state index in [1.54, 1.807) is 0 Å². The van der Waals surface area contributed by atoms with E-state index in [0.29, 0.717) is 0 Å². The molecule has 0 spiro atoms. The quantitative estimate of drug-likeness (QED) is 0.105. The van der Waals surface area contributed by atoms with Gasteiger partial charge in [0.1, 0.15) is 0 Å². The molecule has 314 valence electrons. The Bertz CT molecular complexity index is 4740. The maximum atomic E-state index is 3.78. The van der Waals surface area contributed by atoms with Gasteiger partial charge in [0, 0.05) is 33.4 Å². The summed E-state index contributed by atoms with van der Waals surface area (Å²) in [6, 6.07) is 75.4. The Morgan fingerprint density at radius 1 is 0.157 bits per heavy atom. The van der Waals surface area contributed by atoms with Crippen molar-refractivity contribution < 1.29 is 0 Å². The second-order valence-electron chi connectivity index (χ2n) is 19.0. The van der Waals surface area contributed by atoms with Gasteiger partial charge in [-0.25, -0.2) is 0 Å². The number of benzene rings is 16. The van der Waals surface area contributed by atoms with E-state index in [-0.39, 0.29) is 0 Å². The number of hydrogen-bond donors (Lipinski definition) is 0. The standard InChI is InChI=1S/C70H34/c1-5-43-19-21-51-17-13-41(57-33-27-45(7-1)63(43)67(51)57)15-23-53-39-55(61-37-31-49-11-3-9-47-29-35-59(53)69(61)65(47)49)25-26-56-40-54(60-36-30-48-10-4-12-50-32-38-62(56)70(60)66(48)50)24-16-42-14-18-52-22-20-44-6-2-8-46-28-34-58(42)68(52)64(44)46/h1-14,17-22,27-40H. The first-order valence-corrected chi connectivity index (χ1v) is 24.0. The SMILES string of the molecule is C(#Cc1cc(C#Cc2cc(C#Cc3ccc4ccc5cccc6ccc3c4c56)c3ccc4cccc5ccc2c3c45)c2ccc3cccc4ccc1c2c43)c1ccc2ccc3cccc4ccc1c2c34. The largest absolute Gasteiger partial charge is 0.0610 e. The molecule has 0 unspecified atom stereocenters. The lowest BCUT2D eigenvalue weighted by Gasteiger charge is -2.14. The van der Waals surface area contributed by atoms with E-state index < -0.39 is 0 Å². The van der Waals surface area contributed by atoms with Gasteiger partial charge in [-0.05, 0) is 154 Å². The average Bonchev–Trinajstić information content (AvgIpc) is 3.41. The van der Waals surface area contributed by atoms with Gasteiger partial charge in [-0.15, -0.1) is 0 Å². The molecule has 0 aliphatic heterocycles. The Balaban J connectivity index is 0.916. The molecule has 16 rings (SSSR count). The van der Waals surface area contributed by atoms with Gasteiger partial charge in [-0.1, -0.05) is 218 Å². The molecule has 0 aliphatic rings. The highest BCUT2D eigenvalue weighted by Gasteiger charge is 2.17. The lowest BCUT2D eigenvalue weighted by molar-refractivity contribution is 1.67. The van der Waals surface area contributed by atoms with Crippen LogP contribution in [0.4, 0.5) is 0 Å². The van der Waals surface area contributed by atoms with Crippen molar-refractivity contribution in [1.29, 1.82) is 0 Å². The van der Waals surface area contributed by atoms with E-state index in [4.69, 9.17) is 0 Å². The molecule has 0 atom stereocenters. The Labute approximate surface area is 402 Å². The lowest BCUT2D eigenvalue weighted by Crippen LogP contribution is -1.92. The Hall–Kier alpha value is -9.64. The van der Waals surface area contributed by atoms with Crippen molar-refractivity contribution in [1.82, 2.24) is 0 Å². The van der Waals surface area contributed by atoms with Crippen LogP contribution in [0.15, 0.2) is 206 Å². The molecule has 0 aromatic heterocycles. The van der Waals surface area contributed by atoms with E-state index in [9.17, 15) is 0 Å². The van der Waals surface area contributed by atoms with Crippen LogP contribution in [0.1, 0.15) is 33.4 Å². The maximum absolute atomic E-state index is 3.78. The fraction of sp³-hybridized carbons (Fsp3) is 0. The third-order valence-electron chi connectivity index (χ3n) is 15.3. The minimum Gasteiger partial charge on any atom is -0.0610 e. The molecule has 0 saturated heterocycles. The highest BCUT2D eigenvalue weighted by Crippen LogP contribution is 2.42. The van der Waals surface area contributed by atoms with Crippen molar-refractivity contribution in [3.05, 3.63) is 240 Å². The van der Waals surface area contributed by atoms with Crippen LogP contribution in [0.3, 0.4) is 0 Å². The van der Waals surface area contributed by atoms with Crippen LogP contribution < -0.4 is 0 Å². The summed E-state index contributed by atoms with van der Waals surface area (Å²) in [4.78, 5) is 0. The van der Waals surface area contributed by atoms with Crippen LogP contribution in [0.25, 0.3) is 129 Å². The predicted molar refractivity (Wildman–Crippen MR) is 299 cm³/mol. The minimum atomic E-state index is 0.956. The van der Waals surface area contributed by atoms with E-state index in [0.717, 1.165) is 54.9 Å². The van der Waals surface area contributed by atoms with Crippen molar-refractivity contribution >= 4 is 129 Å². The van der Waals surface area contributed by atoms with Gasteiger partial charge >= 0.3 is 0 Å².